The second-order valence-electron chi connectivity index (χ2n) is 4.37. The molecule has 0 aliphatic carbocycles. The van der Waals surface area contributed by atoms with Crippen molar-refractivity contribution in [2.24, 2.45) is 0 Å². The van der Waals surface area contributed by atoms with Crippen LogP contribution in [0.3, 0.4) is 0 Å². The van der Waals surface area contributed by atoms with Crippen molar-refractivity contribution < 1.29 is 8.42 Å². The molecule has 0 heterocycles. The van der Waals surface area contributed by atoms with Crippen molar-refractivity contribution in [1.29, 1.82) is 0 Å². The molecule has 0 amide bonds. The maximum atomic E-state index is 12.4. The van der Waals surface area contributed by atoms with E-state index in [1.54, 1.807) is 6.92 Å². The zero-order valence-corrected chi connectivity index (χ0v) is 13.9. The third kappa shape index (κ3) is 3.55. The Hall–Kier alpha value is -1.14. The molecule has 0 spiro atoms. The van der Waals surface area contributed by atoms with Crippen LogP contribution in [0.2, 0.25) is 15.1 Å². The third-order valence-corrected chi connectivity index (χ3v) is 5.37. The molecule has 3 N–H and O–H groups in total. The first-order valence-electron chi connectivity index (χ1n) is 5.74. The summed E-state index contributed by atoms with van der Waals surface area (Å²) in [6, 6.07) is 7.22. The number of rotatable bonds is 3. The van der Waals surface area contributed by atoms with Crippen molar-refractivity contribution in [3.05, 3.63) is 51.0 Å². The first-order valence-corrected chi connectivity index (χ1v) is 8.36. The Morgan fingerprint density at radius 1 is 1.00 bits per heavy atom. The molecule has 2 rings (SSSR count). The van der Waals surface area contributed by atoms with Crippen molar-refractivity contribution in [2.75, 3.05) is 10.5 Å². The maximum absolute atomic E-state index is 12.4. The van der Waals surface area contributed by atoms with Gasteiger partial charge in [0.05, 0.1) is 20.8 Å². The summed E-state index contributed by atoms with van der Waals surface area (Å²) < 4.78 is 27.1. The topological polar surface area (TPSA) is 72.2 Å². The number of nitrogens with one attached hydrogen (secondary N) is 1. The molecule has 112 valence electrons. The molecule has 2 aromatic carbocycles. The lowest BCUT2D eigenvalue weighted by Crippen LogP contribution is -2.14. The highest BCUT2D eigenvalue weighted by Gasteiger charge is 2.19. The fraction of sp³-hybridized carbons (Fsp3) is 0.0769. The number of sulfonamides is 1. The smallest absolute Gasteiger partial charge is 0.263 e. The fourth-order valence-electron chi connectivity index (χ4n) is 1.64. The molecule has 0 unspecified atom stereocenters. The first-order chi connectivity index (χ1) is 9.70. The molecule has 0 atom stereocenters. The Balaban J connectivity index is 2.43. The molecule has 0 bridgehead atoms. The lowest BCUT2D eigenvalue weighted by Gasteiger charge is -2.12. The predicted molar refractivity (Wildman–Crippen MR) is 87.9 cm³/mol. The van der Waals surface area contributed by atoms with Gasteiger partial charge in [-0.3, -0.25) is 4.72 Å². The number of hydrogen-bond acceptors (Lipinski definition) is 3. The summed E-state index contributed by atoms with van der Waals surface area (Å²) in [7, 11) is -3.88. The van der Waals surface area contributed by atoms with Crippen molar-refractivity contribution in [2.45, 2.75) is 11.8 Å². The highest BCUT2D eigenvalue weighted by Crippen LogP contribution is 2.30. The average Bonchev–Trinajstić information content (AvgIpc) is 2.37. The van der Waals surface area contributed by atoms with E-state index in [4.69, 9.17) is 40.5 Å². The van der Waals surface area contributed by atoms with Crippen LogP contribution >= 0.6 is 34.8 Å². The van der Waals surface area contributed by atoms with Crippen LogP contribution in [0, 0.1) is 6.92 Å². The maximum Gasteiger partial charge on any atom is 0.263 e. The van der Waals surface area contributed by atoms with Gasteiger partial charge in [0.1, 0.15) is 4.90 Å². The molecule has 0 aliphatic rings. The molecular weight excluding hydrogens is 355 g/mol. The molecule has 8 heteroatoms. The fourth-order valence-corrected chi connectivity index (χ4v) is 3.61. The van der Waals surface area contributed by atoms with Gasteiger partial charge in [0, 0.05) is 5.69 Å². The molecular formula is C13H11Cl3N2O2S. The zero-order valence-electron chi connectivity index (χ0n) is 10.8. The van der Waals surface area contributed by atoms with E-state index in [-0.39, 0.29) is 20.6 Å². The Morgan fingerprint density at radius 2 is 1.67 bits per heavy atom. The molecule has 0 saturated heterocycles. The Bertz CT molecular complexity index is 807. The Morgan fingerprint density at radius 3 is 2.29 bits per heavy atom. The number of benzene rings is 2. The van der Waals surface area contributed by atoms with Crippen LogP contribution in [0.4, 0.5) is 11.4 Å². The summed E-state index contributed by atoms with van der Waals surface area (Å²) in [5, 5.41) is 0.665. The minimum atomic E-state index is -3.88. The zero-order chi connectivity index (χ0) is 15.8. The molecule has 0 fully saturated rings. The molecule has 0 aromatic heterocycles. The van der Waals surface area contributed by atoms with E-state index in [0.29, 0.717) is 16.3 Å². The molecule has 21 heavy (non-hydrogen) atoms. The van der Waals surface area contributed by atoms with Crippen molar-refractivity contribution >= 4 is 56.2 Å². The quantitative estimate of drug-likeness (QED) is 0.795. The number of hydrogen-bond donors (Lipinski definition) is 2. The summed E-state index contributed by atoms with van der Waals surface area (Å²) in [4.78, 5) is -0.0988. The van der Waals surface area contributed by atoms with E-state index in [2.05, 4.69) is 4.72 Å². The largest absolute Gasteiger partial charge is 0.398 e. The first kappa shape index (κ1) is 16.2. The normalized spacial score (nSPS) is 11.4. The van der Waals surface area contributed by atoms with E-state index in [1.165, 1.54) is 30.3 Å². The van der Waals surface area contributed by atoms with Crippen LogP contribution in [0.15, 0.2) is 35.2 Å². The minimum Gasteiger partial charge on any atom is -0.398 e. The summed E-state index contributed by atoms with van der Waals surface area (Å²) in [5.41, 5.74) is 7.06. The number of nitrogen functional groups attached to an aromatic ring is 1. The van der Waals surface area contributed by atoms with Gasteiger partial charge in [0.15, 0.2) is 0 Å². The van der Waals surface area contributed by atoms with E-state index in [9.17, 15) is 8.42 Å². The van der Waals surface area contributed by atoms with E-state index in [0.717, 1.165) is 0 Å². The van der Waals surface area contributed by atoms with Crippen molar-refractivity contribution in [3.8, 4) is 0 Å². The van der Waals surface area contributed by atoms with Crippen LogP contribution in [0.1, 0.15) is 5.56 Å². The SMILES string of the molecule is Cc1cc(Cl)c(S(=O)(=O)Nc2ccc(Cl)c(Cl)c2)cc1N. The summed E-state index contributed by atoms with van der Waals surface area (Å²) >= 11 is 17.6. The van der Waals surface area contributed by atoms with Gasteiger partial charge >= 0.3 is 0 Å². The monoisotopic (exact) mass is 364 g/mol. The third-order valence-electron chi connectivity index (χ3n) is 2.78. The number of anilines is 2. The molecule has 0 radical (unpaired) electrons. The minimum absolute atomic E-state index is 0.0919. The lowest BCUT2D eigenvalue weighted by atomic mass is 10.2. The second-order valence-corrected chi connectivity index (χ2v) is 7.25. The van der Waals surface area contributed by atoms with Gasteiger partial charge in [0.2, 0.25) is 0 Å². The van der Waals surface area contributed by atoms with Gasteiger partial charge in [-0.05, 0) is 42.8 Å². The average molecular weight is 366 g/mol. The van der Waals surface area contributed by atoms with Gasteiger partial charge in [-0.25, -0.2) is 8.42 Å². The standard InChI is InChI=1S/C13H11Cl3N2O2S/c1-7-4-11(16)13(6-12(7)17)21(19,20)18-8-2-3-9(14)10(15)5-8/h2-6,18H,17H2,1H3. The van der Waals surface area contributed by atoms with Crippen LogP contribution in [0.25, 0.3) is 0 Å². The highest BCUT2D eigenvalue weighted by molar-refractivity contribution is 7.92. The number of aryl methyl sites for hydroxylation is 1. The van der Waals surface area contributed by atoms with Crippen LogP contribution in [-0.2, 0) is 10.0 Å². The van der Waals surface area contributed by atoms with Crippen LogP contribution in [0.5, 0.6) is 0 Å². The summed E-state index contributed by atoms with van der Waals surface area (Å²) in [6.45, 7) is 1.74. The van der Waals surface area contributed by atoms with Crippen molar-refractivity contribution in [1.82, 2.24) is 0 Å². The number of nitrogens with two attached hydrogens (primary N) is 1. The molecule has 0 saturated carbocycles. The molecule has 2 aromatic rings. The van der Waals surface area contributed by atoms with Crippen LogP contribution < -0.4 is 10.5 Å². The number of halogens is 3. The Labute approximate surface area is 137 Å². The van der Waals surface area contributed by atoms with Gasteiger partial charge in [0.25, 0.3) is 10.0 Å². The van der Waals surface area contributed by atoms with Gasteiger partial charge < -0.3 is 5.73 Å². The second kappa shape index (κ2) is 5.93. The Kier molecular flexibility index (Phi) is 4.58. The summed E-state index contributed by atoms with van der Waals surface area (Å²) in [5.74, 6) is 0. The molecule has 0 aliphatic heterocycles. The van der Waals surface area contributed by atoms with E-state index < -0.39 is 10.0 Å². The predicted octanol–water partition coefficient (Wildman–Crippen LogP) is 4.34. The van der Waals surface area contributed by atoms with Gasteiger partial charge in [-0.2, -0.15) is 0 Å². The van der Waals surface area contributed by atoms with E-state index >= 15 is 0 Å². The van der Waals surface area contributed by atoms with Crippen LogP contribution in [-0.4, -0.2) is 8.42 Å². The summed E-state index contributed by atoms with van der Waals surface area (Å²) in [6.07, 6.45) is 0. The van der Waals surface area contributed by atoms with Gasteiger partial charge in [-0.1, -0.05) is 34.8 Å². The lowest BCUT2D eigenvalue weighted by molar-refractivity contribution is 0.601. The van der Waals surface area contributed by atoms with Gasteiger partial charge in [-0.15, -0.1) is 0 Å². The van der Waals surface area contributed by atoms with Crippen molar-refractivity contribution in [3.63, 3.8) is 0 Å². The highest BCUT2D eigenvalue weighted by atomic mass is 35.5. The van der Waals surface area contributed by atoms with E-state index in [1.807, 2.05) is 0 Å². The molecule has 4 nitrogen and oxygen atoms in total.